The van der Waals surface area contributed by atoms with Crippen LogP contribution in [0.1, 0.15) is 38.2 Å². The van der Waals surface area contributed by atoms with E-state index < -0.39 is 0 Å². The summed E-state index contributed by atoms with van der Waals surface area (Å²) in [5, 5.41) is 0. The van der Waals surface area contributed by atoms with Crippen LogP contribution in [-0.4, -0.2) is 12.1 Å². The number of hydrogen-bond donors (Lipinski definition) is 0. The van der Waals surface area contributed by atoms with Crippen LogP contribution in [0.2, 0.25) is 0 Å². The van der Waals surface area contributed by atoms with Crippen molar-refractivity contribution in [3.63, 3.8) is 0 Å². The number of benzene rings is 1. The summed E-state index contributed by atoms with van der Waals surface area (Å²) in [6.07, 6.45) is 8.96. The standard InChI is InChI=1S/C17H22O2/c1-3-5-7-12-16(4-2)19-17(18)14-13-15-10-8-6-9-11-15/h4,6,8-11,13-14,16H,2-3,5,7,12H2,1H3/b14-13+/t16-/m1/s1. The minimum atomic E-state index is -0.315. The molecule has 0 aromatic heterocycles. The molecule has 1 rings (SSSR count). The average Bonchev–Trinajstić information content (AvgIpc) is 2.45. The van der Waals surface area contributed by atoms with Gasteiger partial charge in [-0.1, -0.05) is 62.8 Å². The van der Waals surface area contributed by atoms with Gasteiger partial charge in [0.1, 0.15) is 6.10 Å². The predicted octanol–water partition coefficient (Wildman–Crippen LogP) is 4.38. The Hall–Kier alpha value is -1.83. The minimum absolute atomic E-state index is 0.181. The quantitative estimate of drug-likeness (QED) is 0.299. The first-order chi connectivity index (χ1) is 9.26. The topological polar surface area (TPSA) is 26.3 Å². The highest BCUT2D eigenvalue weighted by Crippen LogP contribution is 2.09. The van der Waals surface area contributed by atoms with E-state index in [0.29, 0.717) is 0 Å². The van der Waals surface area contributed by atoms with Crippen molar-refractivity contribution < 1.29 is 9.53 Å². The molecule has 1 aromatic carbocycles. The second kappa shape index (κ2) is 9.15. The Morgan fingerprint density at radius 1 is 1.32 bits per heavy atom. The third-order valence-corrected chi connectivity index (χ3v) is 2.83. The van der Waals surface area contributed by atoms with Crippen molar-refractivity contribution in [2.24, 2.45) is 0 Å². The number of hydrogen-bond acceptors (Lipinski definition) is 2. The Kier molecular flexibility index (Phi) is 7.33. The lowest BCUT2D eigenvalue weighted by molar-refractivity contribution is -0.141. The lowest BCUT2D eigenvalue weighted by Crippen LogP contribution is -2.14. The van der Waals surface area contributed by atoms with Gasteiger partial charge in [0.25, 0.3) is 0 Å². The molecule has 0 heterocycles. The van der Waals surface area contributed by atoms with E-state index >= 15 is 0 Å². The summed E-state index contributed by atoms with van der Waals surface area (Å²) in [6.45, 7) is 5.86. The highest BCUT2D eigenvalue weighted by molar-refractivity contribution is 5.87. The highest BCUT2D eigenvalue weighted by Gasteiger charge is 2.07. The second-order valence-corrected chi connectivity index (χ2v) is 4.45. The van der Waals surface area contributed by atoms with Gasteiger partial charge >= 0.3 is 5.97 Å². The van der Waals surface area contributed by atoms with E-state index in [0.717, 1.165) is 31.2 Å². The Balaban J connectivity index is 2.40. The van der Waals surface area contributed by atoms with Gasteiger partial charge in [-0.25, -0.2) is 4.79 Å². The van der Waals surface area contributed by atoms with Gasteiger partial charge < -0.3 is 4.74 Å². The van der Waals surface area contributed by atoms with Crippen LogP contribution >= 0.6 is 0 Å². The molecule has 1 atom stereocenters. The lowest BCUT2D eigenvalue weighted by atomic mass is 10.1. The fraction of sp³-hybridized carbons (Fsp3) is 0.353. The molecular weight excluding hydrogens is 236 g/mol. The van der Waals surface area contributed by atoms with Crippen molar-refractivity contribution in [1.29, 1.82) is 0 Å². The molecule has 0 amide bonds. The molecule has 1 aromatic rings. The maximum Gasteiger partial charge on any atom is 0.331 e. The Morgan fingerprint density at radius 3 is 2.68 bits per heavy atom. The first-order valence-electron chi connectivity index (χ1n) is 6.82. The van der Waals surface area contributed by atoms with Gasteiger partial charge in [-0.05, 0) is 24.5 Å². The molecule has 0 saturated heterocycles. The molecule has 0 aliphatic carbocycles. The fourth-order valence-electron chi connectivity index (χ4n) is 1.74. The summed E-state index contributed by atoms with van der Waals surface area (Å²) >= 11 is 0. The normalized spacial score (nSPS) is 12.3. The van der Waals surface area contributed by atoms with E-state index in [2.05, 4.69) is 13.5 Å². The maximum atomic E-state index is 11.7. The average molecular weight is 258 g/mol. The Labute approximate surface area is 115 Å². The van der Waals surface area contributed by atoms with Crippen molar-refractivity contribution in [3.8, 4) is 0 Å². The number of carbonyl (C=O) groups is 1. The van der Waals surface area contributed by atoms with E-state index in [1.807, 2.05) is 30.3 Å². The number of esters is 1. The van der Waals surface area contributed by atoms with Crippen LogP contribution in [0.3, 0.4) is 0 Å². The van der Waals surface area contributed by atoms with Crippen LogP contribution in [0.5, 0.6) is 0 Å². The molecule has 0 spiro atoms. The fourth-order valence-corrected chi connectivity index (χ4v) is 1.74. The molecule has 2 nitrogen and oxygen atoms in total. The van der Waals surface area contributed by atoms with Crippen molar-refractivity contribution >= 4 is 12.0 Å². The summed E-state index contributed by atoms with van der Waals surface area (Å²) in [6, 6.07) is 9.69. The molecule has 2 heteroatoms. The molecule has 0 unspecified atom stereocenters. The van der Waals surface area contributed by atoms with Crippen molar-refractivity contribution in [1.82, 2.24) is 0 Å². The van der Waals surface area contributed by atoms with E-state index in [1.54, 1.807) is 12.2 Å². The predicted molar refractivity (Wildman–Crippen MR) is 79.7 cm³/mol. The highest BCUT2D eigenvalue weighted by atomic mass is 16.5. The molecule has 0 radical (unpaired) electrons. The van der Waals surface area contributed by atoms with Crippen molar-refractivity contribution in [2.45, 2.75) is 38.7 Å². The largest absolute Gasteiger partial charge is 0.455 e. The Bertz CT molecular complexity index is 407. The van der Waals surface area contributed by atoms with Gasteiger partial charge in [-0.2, -0.15) is 0 Å². The van der Waals surface area contributed by atoms with Crippen molar-refractivity contribution in [2.75, 3.05) is 0 Å². The van der Waals surface area contributed by atoms with Crippen LogP contribution in [-0.2, 0) is 9.53 Å². The molecule has 0 N–H and O–H groups in total. The van der Waals surface area contributed by atoms with Crippen LogP contribution in [0.25, 0.3) is 6.08 Å². The first-order valence-corrected chi connectivity index (χ1v) is 6.82. The zero-order chi connectivity index (χ0) is 13.9. The number of rotatable bonds is 8. The van der Waals surface area contributed by atoms with Crippen LogP contribution < -0.4 is 0 Å². The summed E-state index contributed by atoms with van der Waals surface area (Å²) < 4.78 is 5.32. The molecule has 0 aliphatic heterocycles. The van der Waals surface area contributed by atoms with Crippen LogP contribution in [0.15, 0.2) is 49.1 Å². The molecule has 0 bridgehead atoms. The summed E-state index contributed by atoms with van der Waals surface area (Å²) in [5.41, 5.74) is 0.987. The lowest BCUT2D eigenvalue weighted by Gasteiger charge is -2.12. The number of ether oxygens (including phenoxy) is 1. The minimum Gasteiger partial charge on any atom is -0.455 e. The van der Waals surface area contributed by atoms with Crippen LogP contribution in [0.4, 0.5) is 0 Å². The SMILES string of the molecule is C=C[C@H](CCCCC)OC(=O)/C=C/c1ccccc1. The third kappa shape index (κ3) is 6.61. The van der Waals surface area contributed by atoms with Gasteiger partial charge in [0.2, 0.25) is 0 Å². The summed E-state index contributed by atoms with van der Waals surface area (Å²) in [4.78, 5) is 11.7. The number of carbonyl (C=O) groups excluding carboxylic acids is 1. The van der Waals surface area contributed by atoms with E-state index in [-0.39, 0.29) is 12.1 Å². The smallest absolute Gasteiger partial charge is 0.331 e. The second-order valence-electron chi connectivity index (χ2n) is 4.45. The van der Waals surface area contributed by atoms with E-state index in [9.17, 15) is 4.79 Å². The monoisotopic (exact) mass is 258 g/mol. The first kappa shape index (κ1) is 15.2. The molecular formula is C17H22O2. The van der Waals surface area contributed by atoms with Gasteiger partial charge in [0.15, 0.2) is 0 Å². The van der Waals surface area contributed by atoms with E-state index in [4.69, 9.17) is 4.74 Å². The molecule has 102 valence electrons. The van der Waals surface area contributed by atoms with E-state index in [1.165, 1.54) is 6.08 Å². The van der Waals surface area contributed by atoms with Gasteiger partial charge in [0, 0.05) is 6.08 Å². The summed E-state index contributed by atoms with van der Waals surface area (Å²) in [7, 11) is 0. The van der Waals surface area contributed by atoms with Gasteiger partial charge in [-0.15, -0.1) is 0 Å². The van der Waals surface area contributed by atoms with Crippen molar-refractivity contribution in [3.05, 3.63) is 54.6 Å². The molecule has 0 aliphatic rings. The van der Waals surface area contributed by atoms with Crippen LogP contribution in [0, 0.1) is 0 Å². The maximum absolute atomic E-state index is 11.7. The van der Waals surface area contributed by atoms with Gasteiger partial charge in [0.05, 0.1) is 0 Å². The third-order valence-electron chi connectivity index (χ3n) is 2.83. The molecule has 0 saturated carbocycles. The summed E-state index contributed by atoms with van der Waals surface area (Å²) in [5.74, 6) is -0.315. The zero-order valence-electron chi connectivity index (χ0n) is 11.5. The van der Waals surface area contributed by atoms with Gasteiger partial charge in [-0.3, -0.25) is 0 Å². The molecule has 19 heavy (non-hydrogen) atoms. The molecule has 0 fully saturated rings. The zero-order valence-corrected chi connectivity index (χ0v) is 11.5. The Morgan fingerprint density at radius 2 is 2.05 bits per heavy atom. The number of unbranched alkanes of at least 4 members (excludes halogenated alkanes) is 2.